The van der Waals surface area contributed by atoms with E-state index in [2.05, 4.69) is 81.9 Å². The molecular formula is C21H26N4. The normalized spacial score (nSPS) is 16.0. The molecule has 0 bridgehead atoms. The van der Waals surface area contributed by atoms with Crippen LogP contribution in [0.15, 0.2) is 54.9 Å². The second-order valence-electron chi connectivity index (χ2n) is 7.11. The monoisotopic (exact) mass is 334 g/mol. The van der Waals surface area contributed by atoms with Gasteiger partial charge < -0.3 is 9.47 Å². The first-order chi connectivity index (χ1) is 12.2. The molecule has 1 aliphatic rings. The highest BCUT2D eigenvalue weighted by Crippen LogP contribution is 2.27. The third-order valence-corrected chi connectivity index (χ3v) is 5.22. The second kappa shape index (κ2) is 6.89. The fraction of sp³-hybridized carbons (Fsp3) is 0.381. The standard InChI is InChI=1S/C21H26N4/c1-17(2)23-12-14-24(15-13-23)20-8-10-22-21-19(20)9-11-25(21)16-18-6-4-3-5-7-18/h3-11,17H,12-16H2,1-2H3. The molecule has 0 N–H and O–H groups in total. The zero-order chi connectivity index (χ0) is 17.2. The Morgan fingerprint density at radius 3 is 2.44 bits per heavy atom. The van der Waals surface area contributed by atoms with Gasteiger partial charge in [0, 0.05) is 62.2 Å². The summed E-state index contributed by atoms with van der Waals surface area (Å²) in [5, 5.41) is 1.26. The molecule has 4 nitrogen and oxygen atoms in total. The summed E-state index contributed by atoms with van der Waals surface area (Å²) in [6.07, 6.45) is 4.12. The summed E-state index contributed by atoms with van der Waals surface area (Å²) in [5.41, 5.74) is 3.70. The number of rotatable bonds is 4. The first-order valence-electron chi connectivity index (χ1n) is 9.19. The van der Waals surface area contributed by atoms with Gasteiger partial charge >= 0.3 is 0 Å². The van der Waals surface area contributed by atoms with E-state index in [0.29, 0.717) is 6.04 Å². The third kappa shape index (κ3) is 3.27. The van der Waals surface area contributed by atoms with Crippen molar-refractivity contribution in [1.29, 1.82) is 0 Å². The van der Waals surface area contributed by atoms with Crippen LogP contribution in [0.4, 0.5) is 5.69 Å². The molecule has 0 radical (unpaired) electrons. The van der Waals surface area contributed by atoms with Crippen molar-refractivity contribution in [3.8, 4) is 0 Å². The minimum Gasteiger partial charge on any atom is -0.368 e. The predicted octanol–water partition coefficient (Wildman–Crippen LogP) is 3.62. The van der Waals surface area contributed by atoms with Crippen molar-refractivity contribution >= 4 is 16.7 Å². The third-order valence-electron chi connectivity index (χ3n) is 5.22. The van der Waals surface area contributed by atoms with E-state index in [4.69, 9.17) is 0 Å². The van der Waals surface area contributed by atoms with Crippen LogP contribution in [0.2, 0.25) is 0 Å². The lowest BCUT2D eigenvalue weighted by atomic mass is 10.2. The number of hydrogen-bond donors (Lipinski definition) is 0. The van der Waals surface area contributed by atoms with Gasteiger partial charge in [0.2, 0.25) is 0 Å². The summed E-state index contributed by atoms with van der Waals surface area (Å²) in [7, 11) is 0. The predicted molar refractivity (Wildman–Crippen MR) is 104 cm³/mol. The Labute approximate surface area is 149 Å². The molecule has 3 heterocycles. The van der Waals surface area contributed by atoms with Crippen molar-refractivity contribution in [2.75, 3.05) is 31.1 Å². The minimum atomic E-state index is 0.631. The van der Waals surface area contributed by atoms with E-state index in [9.17, 15) is 0 Å². The van der Waals surface area contributed by atoms with Gasteiger partial charge in [0.15, 0.2) is 0 Å². The molecule has 3 aromatic rings. The molecule has 25 heavy (non-hydrogen) atoms. The van der Waals surface area contributed by atoms with Crippen LogP contribution in [-0.4, -0.2) is 46.7 Å². The van der Waals surface area contributed by atoms with Crippen molar-refractivity contribution in [3.05, 3.63) is 60.4 Å². The zero-order valence-electron chi connectivity index (χ0n) is 15.1. The van der Waals surface area contributed by atoms with Crippen molar-refractivity contribution in [2.45, 2.75) is 26.4 Å². The number of aromatic nitrogens is 2. The van der Waals surface area contributed by atoms with Gasteiger partial charge in [-0.1, -0.05) is 30.3 Å². The number of piperazine rings is 1. The van der Waals surface area contributed by atoms with Crippen LogP contribution in [0, 0.1) is 0 Å². The maximum Gasteiger partial charge on any atom is 0.142 e. The summed E-state index contributed by atoms with van der Waals surface area (Å²) in [6, 6.07) is 15.6. The number of hydrogen-bond acceptors (Lipinski definition) is 3. The summed E-state index contributed by atoms with van der Waals surface area (Å²) >= 11 is 0. The zero-order valence-corrected chi connectivity index (χ0v) is 15.1. The number of pyridine rings is 1. The van der Waals surface area contributed by atoms with Crippen LogP contribution in [0.1, 0.15) is 19.4 Å². The molecule has 4 rings (SSSR count). The van der Waals surface area contributed by atoms with Crippen LogP contribution in [0.3, 0.4) is 0 Å². The minimum absolute atomic E-state index is 0.631. The molecule has 1 aromatic carbocycles. The Hall–Kier alpha value is -2.33. The Morgan fingerprint density at radius 1 is 0.960 bits per heavy atom. The number of anilines is 1. The Bertz CT molecular complexity index is 829. The molecule has 130 valence electrons. The fourth-order valence-electron chi connectivity index (χ4n) is 3.74. The van der Waals surface area contributed by atoms with E-state index >= 15 is 0 Å². The van der Waals surface area contributed by atoms with E-state index in [1.165, 1.54) is 16.6 Å². The van der Waals surface area contributed by atoms with Crippen LogP contribution in [0.5, 0.6) is 0 Å². The molecule has 1 saturated heterocycles. The van der Waals surface area contributed by atoms with Gasteiger partial charge in [-0.15, -0.1) is 0 Å². The molecule has 0 atom stereocenters. The molecule has 0 saturated carbocycles. The first-order valence-corrected chi connectivity index (χ1v) is 9.19. The topological polar surface area (TPSA) is 24.3 Å². The summed E-state index contributed by atoms with van der Waals surface area (Å²) in [5.74, 6) is 0. The lowest BCUT2D eigenvalue weighted by molar-refractivity contribution is 0.209. The SMILES string of the molecule is CC(C)N1CCN(c2ccnc3c2ccn3Cc2ccccc2)CC1. The molecule has 4 heteroatoms. The van der Waals surface area contributed by atoms with E-state index in [-0.39, 0.29) is 0 Å². The summed E-state index contributed by atoms with van der Waals surface area (Å²) in [6.45, 7) is 9.86. The van der Waals surface area contributed by atoms with Gasteiger partial charge in [-0.05, 0) is 31.5 Å². The highest BCUT2D eigenvalue weighted by molar-refractivity contribution is 5.90. The molecular weight excluding hydrogens is 308 g/mol. The van der Waals surface area contributed by atoms with Gasteiger partial charge in [0.05, 0.1) is 0 Å². The average Bonchev–Trinajstić information content (AvgIpc) is 3.06. The lowest BCUT2D eigenvalue weighted by Gasteiger charge is -2.38. The maximum absolute atomic E-state index is 4.66. The number of benzene rings is 1. The highest BCUT2D eigenvalue weighted by atomic mass is 15.3. The number of fused-ring (bicyclic) bond motifs is 1. The molecule has 2 aromatic heterocycles. The van der Waals surface area contributed by atoms with Crippen LogP contribution < -0.4 is 4.90 Å². The summed E-state index contributed by atoms with van der Waals surface area (Å²) < 4.78 is 2.25. The smallest absolute Gasteiger partial charge is 0.142 e. The molecule has 0 unspecified atom stereocenters. The molecule has 0 amide bonds. The quantitative estimate of drug-likeness (QED) is 0.728. The largest absolute Gasteiger partial charge is 0.368 e. The van der Waals surface area contributed by atoms with E-state index in [1.807, 2.05) is 6.20 Å². The van der Waals surface area contributed by atoms with Crippen molar-refractivity contribution < 1.29 is 0 Å². The lowest BCUT2D eigenvalue weighted by Crippen LogP contribution is -2.48. The van der Waals surface area contributed by atoms with Crippen molar-refractivity contribution in [3.63, 3.8) is 0 Å². The first kappa shape index (κ1) is 16.2. The van der Waals surface area contributed by atoms with E-state index in [1.54, 1.807) is 0 Å². The second-order valence-corrected chi connectivity index (χ2v) is 7.11. The highest BCUT2D eigenvalue weighted by Gasteiger charge is 2.21. The van der Waals surface area contributed by atoms with Gasteiger partial charge in [-0.25, -0.2) is 4.98 Å². The Morgan fingerprint density at radius 2 is 1.72 bits per heavy atom. The van der Waals surface area contributed by atoms with Crippen molar-refractivity contribution in [1.82, 2.24) is 14.5 Å². The molecule has 0 spiro atoms. The Kier molecular flexibility index (Phi) is 4.45. The van der Waals surface area contributed by atoms with Crippen LogP contribution in [0.25, 0.3) is 11.0 Å². The van der Waals surface area contributed by atoms with Crippen LogP contribution >= 0.6 is 0 Å². The Balaban J connectivity index is 1.59. The van der Waals surface area contributed by atoms with E-state index in [0.717, 1.165) is 38.4 Å². The fourth-order valence-corrected chi connectivity index (χ4v) is 3.74. The van der Waals surface area contributed by atoms with E-state index < -0.39 is 0 Å². The molecule has 0 aliphatic carbocycles. The average molecular weight is 334 g/mol. The van der Waals surface area contributed by atoms with Crippen molar-refractivity contribution in [2.24, 2.45) is 0 Å². The molecule has 1 aliphatic heterocycles. The van der Waals surface area contributed by atoms with Crippen LogP contribution in [-0.2, 0) is 6.54 Å². The van der Waals surface area contributed by atoms with Gasteiger partial charge in [-0.3, -0.25) is 4.90 Å². The van der Waals surface area contributed by atoms with Gasteiger partial charge in [0.1, 0.15) is 5.65 Å². The molecule has 1 fully saturated rings. The maximum atomic E-state index is 4.66. The number of nitrogens with zero attached hydrogens (tertiary/aromatic N) is 4. The summed E-state index contributed by atoms with van der Waals surface area (Å²) in [4.78, 5) is 9.72. The van der Waals surface area contributed by atoms with Gasteiger partial charge in [0.25, 0.3) is 0 Å². The van der Waals surface area contributed by atoms with Gasteiger partial charge in [-0.2, -0.15) is 0 Å².